The van der Waals surface area contributed by atoms with Crippen molar-refractivity contribution in [1.82, 2.24) is 19.6 Å². The lowest BCUT2D eigenvalue weighted by Gasteiger charge is -2.07. The van der Waals surface area contributed by atoms with E-state index in [1.165, 1.54) is 4.68 Å². The zero-order valence-corrected chi connectivity index (χ0v) is 15.1. The van der Waals surface area contributed by atoms with Gasteiger partial charge in [-0.2, -0.15) is 10.2 Å². The minimum absolute atomic E-state index is 0.181. The van der Waals surface area contributed by atoms with Gasteiger partial charge in [-0.1, -0.05) is 11.6 Å². The van der Waals surface area contributed by atoms with E-state index in [-0.39, 0.29) is 18.3 Å². The van der Waals surface area contributed by atoms with Gasteiger partial charge in [-0.15, -0.1) is 0 Å². The fourth-order valence-corrected chi connectivity index (χ4v) is 2.35. The first-order valence-electron chi connectivity index (χ1n) is 7.80. The number of anilines is 1. The average molecular weight is 376 g/mol. The molecule has 0 spiro atoms. The molecule has 9 heteroatoms. The smallest absolute Gasteiger partial charge is 0.276 e. The summed E-state index contributed by atoms with van der Waals surface area (Å²) < 4.78 is 13.7. The topological polar surface area (TPSA) is 83.2 Å². The number of aryl methyl sites for hydroxylation is 1. The van der Waals surface area contributed by atoms with E-state index in [0.29, 0.717) is 23.2 Å². The number of benzene rings is 1. The highest BCUT2D eigenvalue weighted by Gasteiger charge is 2.11. The summed E-state index contributed by atoms with van der Waals surface area (Å²) in [4.78, 5) is 12.2. The number of hydrogen-bond donors (Lipinski definition) is 1. The molecule has 0 bridgehead atoms. The highest BCUT2D eigenvalue weighted by molar-refractivity contribution is 6.31. The zero-order valence-electron chi connectivity index (χ0n) is 14.3. The number of nitrogens with one attached hydrogen (secondary N) is 1. The van der Waals surface area contributed by atoms with Gasteiger partial charge in [0.05, 0.1) is 18.1 Å². The number of methoxy groups -OCH3 is 1. The lowest BCUT2D eigenvalue weighted by Crippen LogP contribution is -2.14. The first-order valence-corrected chi connectivity index (χ1v) is 8.18. The maximum atomic E-state index is 12.2. The monoisotopic (exact) mass is 375 g/mol. The zero-order chi connectivity index (χ0) is 18.5. The fourth-order valence-electron chi connectivity index (χ4n) is 2.23. The van der Waals surface area contributed by atoms with E-state index < -0.39 is 0 Å². The Hall–Kier alpha value is -2.84. The molecule has 1 amide bonds. The molecule has 0 aliphatic heterocycles. The summed E-state index contributed by atoms with van der Waals surface area (Å²) in [6.07, 6.45) is 4.89. The molecule has 1 aromatic carbocycles. The minimum atomic E-state index is -0.331. The van der Waals surface area contributed by atoms with E-state index in [1.54, 1.807) is 48.6 Å². The van der Waals surface area contributed by atoms with Crippen LogP contribution in [0.3, 0.4) is 0 Å². The number of rotatable bonds is 7. The van der Waals surface area contributed by atoms with Crippen molar-refractivity contribution in [3.05, 3.63) is 59.1 Å². The Labute approximate surface area is 155 Å². The summed E-state index contributed by atoms with van der Waals surface area (Å²) in [5.74, 6) is 0.349. The van der Waals surface area contributed by atoms with Crippen LogP contribution >= 0.6 is 11.6 Å². The third-order valence-corrected chi connectivity index (χ3v) is 3.94. The summed E-state index contributed by atoms with van der Waals surface area (Å²) in [5, 5.41) is 11.7. The van der Waals surface area contributed by atoms with Crippen molar-refractivity contribution in [2.45, 2.75) is 20.4 Å². The van der Waals surface area contributed by atoms with Gasteiger partial charge in [0.2, 0.25) is 0 Å². The molecule has 0 aliphatic rings. The second-order valence-electron chi connectivity index (χ2n) is 5.57. The number of hydrogen-bond acceptors (Lipinski definition) is 5. The predicted octanol–water partition coefficient (Wildman–Crippen LogP) is 2.93. The van der Waals surface area contributed by atoms with Gasteiger partial charge in [-0.05, 0) is 36.8 Å². The predicted molar refractivity (Wildman–Crippen MR) is 96.2 cm³/mol. The normalized spacial score (nSPS) is 10.7. The van der Waals surface area contributed by atoms with Crippen molar-refractivity contribution in [3.8, 4) is 5.75 Å². The van der Waals surface area contributed by atoms with Crippen molar-refractivity contribution in [3.63, 3.8) is 0 Å². The van der Waals surface area contributed by atoms with Crippen molar-refractivity contribution in [2.24, 2.45) is 0 Å². The van der Waals surface area contributed by atoms with Gasteiger partial charge in [-0.3, -0.25) is 4.79 Å². The Balaban J connectivity index is 1.57. The van der Waals surface area contributed by atoms with Crippen molar-refractivity contribution >= 4 is 23.2 Å². The molecule has 0 unspecified atom stereocenters. The molecule has 0 atom stereocenters. The molecule has 0 aliphatic carbocycles. The van der Waals surface area contributed by atoms with Crippen LogP contribution in [0, 0.1) is 6.92 Å². The number of halogens is 1. The fraction of sp³-hybridized carbons (Fsp3) is 0.235. The Morgan fingerprint density at radius 3 is 2.88 bits per heavy atom. The Kier molecular flexibility index (Phi) is 5.55. The molecule has 0 radical (unpaired) electrons. The van der Waals surface area contributed by atoms with Crippen LogP contribution in [-0.2, 0) is 18.2 Å². The van der Waals surface area contributed by atoms with Crippen LogP contribution in [0.25, 0.3) is 0 Å². The molecule has 8 nitrogen and oxygen atoms in total. The van der Waals surface area contributed by atoms with Crippen LogP contribution in [0.5, 0.6) is 5.75 Å². The maximum Gasteiger partial charge on any atom is 0.276 e. The second-order valence-corrected chi connectivity index (χ2v) is 5.97. The van der Waals surface area contributed by atoms with Gasteiger partial charge in [0.15, 0.2) is 12.4 Å². The summed E-state index contributed by atoms with van der Waals surface area (Å²) in [5.41, 5.74) is 1.77. The van der Waals surface area contributed by atoms with E-state index in [2.05, 4.69) is 15.5 Å². The van der Waals surface area contributed by atoms with Gasteiger partial charge in [0, 0.05) is 18.3 Å². The number of carbonyl (C=O) groups is 1. The lowest BCUT2D eigenvalue weighted by atomic mass is 10.2. The number of nitrogens with zero attached hydrogens (tertiary/aromatic N) is 4. The lowest BCUT2D eigenvalue weighted by molar-refractivity contribution is 0.102. The Morgan fingerprint density at radius 1 is 1.27 bits per heavy atom. The third kappa shape index (κ3) is 4.41. The number of carbonyl (C=O) groups excluding carboxylic acids is 1. The Morgan fingerprint density at radius 2 is 2.12 bits per heavy atom. The Bertz CT molecular complexity index is 905. The average Bonchev–Trinajstić information content (AvgIpc) is 3.26. The molecule has 0 saturated heterocycles. The number of aromatic nitrogens is 4. The first-order chi connectivity index (χ1) is 12.5. The van der Waals surface area contributed by atoms with E-state index in [1.807, 2.05) is 13.0 Å². The highest BCUT2D eigenvalue weighted by Crippen LogP contribution is 2.21. The van der Waals surface area contributed by atoms with Crippen LogP contribution in [0.1, 0.15) is 16.1 Å². The SMILES string of the molecule is COCn1cc(NC(=O)c2ccn(COc3ccc(Cl)c(C)c3)n2)cn1. The van der Waals surface area contributed by atoms with Crippen LogP contribution in [0.4, 0.5) is 5.69 Å². The summed E-state index contributed by atoms with van der Waals surface area (Å²) in [6, 6.07) is 7.02. The standard InChI is InChI=1S/C17H18ClN5O3/c1-12-7-14(3-4-15(12)18)26-11-22-6-5-16(21-22)17(24)20-13-8-19-23(9-13)10-25-2/h3-9H,10-11H2,1-2H3,(H,20,24). The molecule has 2 aromatic heterocycles. The minimum Gasteiger partial charge on any atom is -0.471 e. The molecule has 0 saturated carbocycles. The largest absolute Gasteiger partial charge is 0.471 e. The molecule has 136 valence electrons. The molecular weight excluding hydrogens is 358 g/mol. The molecule has 3 aromatic rings. The van der Waals surface area contributed by atoms with Gasteiger partial charge >= 0.3 is 0 Å². The molecule has 1 N–H and O–H groups in total. The number of amides is 1. The second kappa shape index (κ2) is 8.03. The first kappa shape index (κ1) is 18.0. The highest BCUT2D eigenvalue weighted by atomic mass is 35.5. The van der Waals surface area contributed by atoms with E-state index in [4.69, 9.17) is 21.1 Å². The van der Waals surface area contributed by atoms with Crippen LogP contribution in [0.15, 0.2) is 42.9 Å². The van der Waals surface area contributed by atoms with Crippen molar-refractivity contribution < 1.29 is 14.3 Å². The van der Waals surface area contributed by atoms with Gasteiger partial charge in [0.25, 0.3) is 5.91 Å². The summed E-state index contributed by atoms with van der Waals surface area (Å²) >= 11 is 5.99. The molecule has 26 heavy (non-hydrogen) atoms. The summed E-state index contributed by atoms with van der Waals surface area (Å²) in [7, 11) is 1.57. The quantitative estimate of drug-likeness (QED) is 0.686. The van der Waals surface area contributed by atoms with Gasteiger partial charge < -0.3 is 14.8 Å². The van der Waals surface area contributed by atoms with E-state index in [0.717, 1.165) is 5.56 Å². The molecule has 2 heterocycles. The molecule has 3 rings (SSSR count). The van der Waals surface area contributed by atoms with E-state index >= 15 is 0 Å². The van der Waals surface area contributed by atoms with Crippen LogP contribution in [-0.4, -0.2) is 32.6 Å². The molecule has 0 fully saturated rings. The van der Waals surface area contributed by atoms with Crippen LogP contribution in [0.2, 0.25) is 5.02 Å². The van der Waals surface area contributed by atoms with Gasteiger partial charge in [-0.25, -0.2) is 9.36 Å². The molecular formula is C17H18ClN5O3. The van der Waals surface area contributed by atoms with E-state index in [9.17, 15) is 4.79 Å². The van der Waals surface area contributed by atoms with Crippen molar-refractivity contribution in [2.75, 3.05) is 12.4 Å². The van der Waals surface area contributed by atoms with Gasteiger partial charge in [0.1, 0.15) is 12.5 Å². The summed E-state index contributed by atoms with van der Waals surface area (Å²) in [6.45, 7) is 2.40. The number of ether oxygens (including phenoxy) is 2. The van der Waals surface area contributed by atoms with Crippen molar-refractivity contribution in [1.29, 1.82) is 0 Å². The van der Waals surface area contributed by atoms with Crippen LogP contribution < -0.4 is 10.1 Å². The maximum absolute atomic E-state index is 12.2. The third-order valence-electron chi connectivity index (χ3n) is 3.52.